The van der Waals surface area contributed by atoms with Gasteiger partial charge in [-0.2, -0.15) is 0 Å². The molecular formula is C12H13FN2O5S. The van der Waals surface area contributed by atoms with Gasteiger partial charge in [0.1, 0.15) is 5.82 Å². The molecule has 0 unspecified atom stereocenters. The van der Waals surface area contributed by atoms with Crippen LogP contribution in [0.2, 0.25) is 0 Å². The number of carboxylic acid groups (broad SMARTS) is 1. The lowest BCUT2D eigenvalue weighted by atomic mass is 10.1. The van der Waals surface area contributed by atoms with Crippen LogP contribution in [0.3, 0.4) is 0 Å². The van der Waals surface area contributed by atoms with E-state index >= 15 is 0 Å². The summed E-state index contributed by atoms with van der Waals surface area (Å²) in [4.78, 5) is 22.1. The Morgan fingerprint density at radius 1 is 1.38 bits per heavy atom. The van der Waals surface area contributed by atoms with Crippen LogP contribution in [0.15, 0.2) is 24.3 Å². The smallest absolute Gasteiger partial charge is 0.328 e. The van der Waals surface area contributed by atoms with Crippen molar-refractivity contribution in [2.45, 2.75) is 0 Å². The molecule has 0 saturated heterocycles. The maximum absolute atomic E-state index is 13.5. The molecule has 114 valence electrons. The molecule has 1 aromatic rings. The number of aliphatic carboxylic acids is 1. The molecule has 9 heteroatoms. The number of benzene rings is 1. The van der Waals surface area contributed by atoms with E-state index in [4.69, 9.17) is 10.2 Å². The highest BCUT2D eigenvalue weighted by atomic mass is 32.2. The molecule has 0 aliphatic carbocycles. The number of halogens is 1. The van der Waals surface area contributed by atoms with Gasteiger partial charge < -0.3 is 10.4 Å². The van der Waals surface area contributed by atoms with Gasteiger partial charge in [-0.05, 0) is 23.8 Å². The minimum absolute atomic E-state index is 0.258. The van der Waals surface area contributed by atoms with Crippen LogP contribution in [0.1, 0.15) is 15.9 Å². The number of carbonyl (C=O) groups is 2. The highest BCUT2D eigenvalue weighted by molar-refractivity contribution is 7.89. The van der Waals surface area contributed by atoms with Crippen molar-refractivity contribution in [1.29, 1.82) is 0 Å². The van der Waals surface area contributed by atoms with Crippen LogP contribution in [0.25, 0.3) is 6.08 Å². The van der Waals surface area contributed by atoms with Crippen molar-refractivity contribution in [3.63, 3.8) is 0 Å². The molecule has 1 aromatic carbocycles. The topological polar surface area (TPSA) is 127 Å². The molecule has 0 spiro atoms. The Labute approximate surface area is 120 Å². The maximum Gasteiger partial charge on any atom is 0.328 e. The molecule has 7 nitrogen and oxygen atoms in total. The lowest BCUT2D eigenvalue weighted by Crippen LogP contribution is -2.31. The average molecular weight is 316 g/mol. The quantitative estimate of drug-likeness (QED) is 0.634. The largest absolute Gasteiger partial charge is 0.478 e. The first-order valence-corrected chi connectivity index (χ1v) is 7.40. The van der Waals surface area contributed by atoms with Gasteiger partial charge in [0.2, 0.25) is 10.0 Å². The van der Waals surface area contributed by atoms with Gasteiger partial charge in [-0.3, -0.25) is 4.79 Å². The van der Waals surface area contributed by atoms with Gasteiger partial charge in [-0.15, -0.1) is 0 Å². The standard InChI is InChI=1S/C12H13FN2O5S/c13-10-3-1-8(2-4-11(16)17)7-9(10)12(18)15-5-6-21(14,19)20/h1-4,7H,5-6H2,(H,15,18)(H,16,17)(H2,14,19,20). The summed E-state index contributed by atoms with van der Waals surface area (Å²) in [6.45, 7) is -0.258. The zero-order valence-corrected chi connectivity index (χ0v) is 11.6. The minimum Gasteiger partial charge on any atom is -0.478 e. The third kappa shape index (κ3) is 6.15. The van der Waals surface area contributed by atoms with Gasteiger partial charge in [0.25, 0.3) is 5.91 Å². The second-order valence-corrected chi connectivity index (χ2v) is 5.77. The number of hydrogen-bond acceptors (Lipinski definition) is 4. The molecular weight excluding hydrogens is 303 g/mol. The van der Waals surface area contributed by atoms with Crippen LogP contribution in [-0.2, 0) is 14.8 Å². The van der Waals surface area contributed by atoms with Gasteiger partial charge in [-0.1, -0.05) is 6.07 Å². The summed E-state index contributed by atoms with van der Waals surface area (Å²) in [5, 5.41) is 15.5. The molecule has 0 atom stereocenters. The highest BCUT2D eigenvalue weighted by Gasteiger charge is 2.12. The number of nitrogens with two attached hydrogens (primary N) is 1. The number of rotatable bonds is 6. The predicted molar refractivity (Wildman–Crippen MR) is 73.4 cm³/mol. The Morgan fingerprint density at radius 2 is 2.05 bits per heavy atom. The van der Waals surface area contributed by atoms with Gasteiger partial charge >= 0.3 is 5.97 Å². The number of carboxylic acids is 1. The van der Waals surface area contributed by atoms with Crippen molar-refractivity contribution < 1.29 is 27.5 Å². The number of primary sulfonamides is 1. The van der Waals surface area contributed by atoms with Crippen LogP contribution in [0, 0.1) is 5.82 Å². The molecule has 21 heavy (non-hydrogen) atoms. The van der Waals surface area contributed by atoms with E-state index in [0.717, 1.165) is 18.2 Å². The van der Waals surface area contributed by atoms with Gasteiger partial charge in [0, 0.05) is 12.6 Å². The maximum atomic E-state index is 13.5. The summed E-state index contributed by atoms with van der Waals surface area (Å²) >= 11 is 0. The summed E-state index contributed by atoms with van der Waals surface area (Å²) < 4.78 is 34.9. The van der Waals surface area contributed by atoms with Crippen molar-refractivity contribution >= 4 is 28.0 Å². The van der Waals surface area contributed by atoms with E-state index in [9.17, 15) is 22.4 Å². The first kappa shape index (κ1) is 16.8. The molecule has 0 aliphatic rings. The Bertz CT molecular complexity index is 685. The van der Waals surface area contributed by atoms with Crippen LogP contribution >= 0.6 is 0 Å². The van der Waals surface area contributed by atoms with Crippen molar-refractivity contribution in [3.8, 4) is 0 Å². The molecule has 1 amide bonds. The number of amides is 1. The van der Waals surface area contributed by atoms with Gasteiger partial charge in [0.05, 0.1) is 11.3 Å². The summed E-state index contributed by atoms with van der Waals surface area (Å²) in [6, 6.07) is 3.47. The van der Waals surface area contributed by atoms with E-state index in [2.05, 4.69) is 5.32 Å². The monoisotopic (exact) mass is 316 g/mol. The van der Waals surface area contributed by atoms with E-state index in [0.29, 0.717) is 5.56 Å². The minimum atomic E-state index is -3.72. The van der Waals surface area contributed by atoms with Crippen LogP contribution in [0.4, 0.5) is 4.39 Å². The molecule has 1 rings (SSSR count). The fraction of sp³-hybridized carbons (Fsp3) is 0.167. The van der Waals surface area contributed by atoms with Crippen LogP contribution in [-0.4, -0.2) is 37.7 Å². The second-order valence-electron chi connectivity index (χ2n) is 4.03. The molecule has 0 bridgehead atoms. The molecule has 0 saturated carbocycles. The molecule has 4 N–H and O–H groups in total. The Morgan fingerprint density at radius 3 is 2.62 bits per heavy atom. The first-order valence-electron chi connectivity index (χ1n) is 5.68. The van der Waals surface area contributed by atoms with E-state index in [1.165, 1.54) is 12.1 Å². The number of carbonyl (C=O) groups excluding carboxylic acids is 1. The van der Waals surface area contributed by atoms with E-state index < -0.39 is 33.5 Å². The molecule has 0 heterocycles. The third-order valence-electron chi connectivity index (χ3n) is 2.33. The number of sulfonamides is 1. The van der Waals surface area contributed by atoms with Gasteiger partial charge in [0.15, 0.2) is 0 Å². The summed E-state index contributed by atoms with van der Waals surface area (Å²) in [6.07, 6.45) is 2.04. The van der Waals surface area contributed by atoms with E-state index in [-0.39, 0.29) is 12.1 Å². The highest BCUT2D eigenvalue weighted by Crippen LogP contribution is 2.12. The zero-order chi connectivity index (χ0) is 16.0. The first-order chi connectivity index (χ1) is 9.69. The molecule has 0 aromatic heterocycles. The Hall–Kier alpha value is -2.26. The van der Waals surface area contributed by atoms with Crippen molar-refractivity contribution in [1.82, 2.24) is 5.32 Å². The van der Waals surface area contributed by atoms with Crippen LogP contribution in [0.5, 0.6) is 0 Å². The summed E-state index contributed by atoms with van der Waals surface area (Å²) in [7, 11) is -3.72. The molecule has 0 radical (unpaired) electrons. The SMILES string of the molecule is NS(=O)(=O)CCNC(=O)c1cc(C=CC(=O)O)ccc1F. The summed E-state index contributed by atoms with van der Waals surface area (Å²) in [5.74, 6) is -3.28. The molecule has 0 aliphatic heterocycles. The Balaban J connectivity index is 2.83. The van der Waals surface area contributed by atoms with Gasteiger partial charge in [-0.25, -0.2) is 22.7 Å². The summed E-state index contributed by atoms with van der Waals surface area (Å²) in [5.41, 5.74) is -0.00708. The van der Waals surface area contributed by atoms with Crippen molar-refractivity contribution in [3.05, 3.63) is 41.2 Å². The fourth-order valence-corrected chi connectivity index (χ4v) is 1.78. The normalized spacial score (nSPS) is 11.5. The zero-order valence-electron chi connectivity index (χ0n) is 10.7. The van der Waals surface area contributed by atoms with Crippen LogP contribution < -0.4 is 10.5 Å². The number of nitrogens with one attached hydrogen (secondary N) is 1. The third-order valence-corrected chi connectivity index (χ3v) is 3.10. The Kier molecular flexibility index (Phi) is 5.56. The lowest BCUT2D eigenvalue weighted by molar-refractivity contribution is -0.131. The average Bonchev–Trinajstić information content (AvgIpc) is 2.36. The lowest BCUT2D eigenvalue weighted by Gasteiger charge is -2.06. The second kappa shape index (κ2) is 6.95. The van der Waals surface area contributed by atoms with Crippen molar-refractivity contribution in [2.24, 2.45) is 5.14 Å². The van der Waals surface area contributed by atoms with E-state index in [1.54, 1.807) is 0 Å². The number of hydrogen-bond donors (Lipinski definition) is 3. The van der Waals surface area contributed by atoms with E-state index in [1.807, 2.05) is 0 Å². The molecule has 0 fully saturated rings. The fourth-order valence-electron chi connectivity index (χ4n) is 1.39. The van der Waals surface area contributed by atoms with Crippen molar-refractivity contribution in [2.75, 3.05) is 12.3 Å². The predicted octanol–water partition coefficient (Wildman–Crippen LogP) is -0.0582.